The minimum Gasteiger partial charge on any atom is -0.393 e. The van der Waals surface area contributed by atoms with Crippen molar-refractivity contribution in [3.05, 3.63) is 27.9 Å². The van der Waals surface area contributed by atoms with Gasteiger partial charge in [0.1, 0.15) is 0 Å². The Morgan fingerprint density at radius 1 is 1.47 bits per heavy atom. The van der Waals surface area contributed by atoms with E-state index >= 15 is 0 Å². The van der Waals surface area contributed by atoms with Crippen LogP contribution in [0.2, 0.25) is 0 Å². The summed E-state index contributed by atoms with van der Waals surface area (Å²) in [6.07, 6.45) is 4.94. The van der Waals surface area contributed by atoms with Crippen LogP contribution >= 0.6 is 0 Å². The summed E-state index contributed by atoms with van der Waals surface area (Å²) in [5, 5.41) is 23.6. The van der Waals surface area contributed by atoms with Crippen molar-refractivity contribution >= 4 is 11.5 Å². The molecular formula is C13H19N3O3. The molecule has 0 unspecified atom stereocenters. The van der Waals surface area contributed by atoms with Crippen LogP contribution in [-0.4, -0.2) is 27.7 Å². The van der Waals surface area contributed by atoms with Crippen molar-refractivity contribution < 1.29 is 10.0 Å². The zero-order valence-corrected chi connectivity index (χ0v) is 11.0. The number of nitrogens with one attached hydrogen (secondary N) is 1. The number of aromatic nitrogens is 1. The first kappa shape index (κ1) is 13.7. The highest BCUT2D eigenvalue weighted by Gasteiger charge is 2.22. The number of aryl methyl sites for hydroxylation is 1. The molecule has 1 aromatic heterocycles. The van der Waals surface area contributed by atoms with E-state index in [4.69, 9.17) is 0 Å². The molecule has 0 atom stereocenters. The quantitative estimate of drug-likeness (QED) is 0.644. The fraction of sp³-hybridized carbons (Fsp3) is 0.615. The van der Waals surface area contributed by atoms with E-state index in [-0.39, 0.29) is 11.8 Å². The van der Waals surface area contributed by atoms with E-state index in [1.54, 1.807) is 19.2 Å². The Balaban J connectivity index is 2.00. The highest BCUT2D eigenvalue weighted by Crippen LogP contribution is 2.28. The van der Waals surface area contributed by atoms with Crippen LogP contribution in [0.3, 0.4) is 0 Å². The lowest BCUT2D eigenvalue weighted by atomic mass is 9.87. The molecule has 6 nitrogen and oxygen atoms in total. The monoisotopic (exact) mass is 265 g/mol. The second kappa shape index (κ2) is 5.97. The van der Waals surface area contributed by atoms with Crippen LogP contribution < -0.4 is 5.32 Å². The van der Waals surface area contributed by atoms with Crippen molar-refractivity contribution in [2.75, 3.05) is 11.9 Å². The van der Waals surface area contributed by atoms with Crippen molar-refractivity contribution in [3.8, 4) is 0 Å². The van der Waals surface area contributed by atoms with E-state index in [9.17, 15) is 15.2 Å². The first-order chi connectivity index (χ1) is 9.08. The number of aliphatic hydroxyl groups excluding tert-OH is 1. The van der Waals surface area contributed by atoms with Crippen molar-refractivity contribution in [1.29, 1.82) is 0 Å². The van der Waals surface area contributed by atoms with Crippen LogP contribution in [0.15, 0.2) is 12.3 Å². The van der Waals surface area contributed by atoms with Crippen LogP contribution in [-0.2, 0) is 0 Å². The van der Waals surface area contributed by atoms with Gasteiger partial charge in [0.05, 0.1) is 11.0 Å². The molecule has 1 aliphatic rings. The summed E-state index contributed by atoms with van der Waals surface area (Å²) in [6.45, 7) is 2.38. The third kappa shape index (κ3) is 3.41. The third-order valence-corrected chi connectivity index (χ3v) is 3.68. The Labute approximate surface area is 112 Å². The van der Waals surface area contributed by atoms with Crippen LogP contribution in [0.4, 0.5) is 11.5 Å². The SMILES string of the molecule is Cc1ccnc(NCC2CCC(O)CC2)c1[N+](=O)[O-]. The molecule has 0 spiro atoms. The molecule has 1 aromatic rings. The number of nitro groups is 1. The standard InChI is InChI=1S/C13H19N3O3/c1-9-6-7-14-13(12(9)16(18)19)15-8-10-2-4-11(17)5-3-10/h6-7,10-11,17H,2-5,8H2,1H3,(H,14,15). The Bertz CT molecular complexity index is 456. The molecule has 1 heterocycles. The maximum absolute atomic E-state index is 11.0. The maximum atomic E-state index is 11.0. The molecule has 1 saturated carbocycles. The molecule has 19 heavy (non-hydrogen) atoms. The van der Waals surface area contributed by atoms with Gasteiger partial charge in [-0.1, -0.05) is 0 Å². The molecule has 2 rings (SSSR count). The lowest BCUT2D eigenvalue weighted by Crippen LogP contribution is -2.24. The van der Waals surface area contributed by atoms with Gasteiger partial charge in [0, 0.05) is 18.3 Å². The number of pyridine rings is 1. The van der Waals surface area contributed by atoms with Gasteiger partial charge in [-0.25, -0.2) is 4.98 Å². The lowest BCUT2D eigenvalue weighted by Gasteiger charge is -2.25. The highest BCUT2D eigenvalue weighted by atomic mass is 16.6. The predicted octanol–water partition coefficient (Wildman–Crippen LogP) is 2.26. The summed E-state index contributed by atoms with van der Waals surface area (Å²) < 4.78 is 0. The van der Waals surface area contributed by atoms with E-state index in [1.165, 1.54) is 0 Å². The van der Waals surface area contributed by atoms with Crippen LogP contribution in [0.25, 0.3) is 0 Å². The van der Waals surface area contributed by atoms with E-state index < -0.39 is 4.92 Å². The second-order valence-electron chi connectivity index (χ2n) is 5.14. The molecular weight excluding hydrogens is 246 g/mol. The van der Waals surface area contributed by atoms with Gasteiger partial charge in [-0.2, -0.15) is 0 Å². The van der Waals surface area contributed by atoms with Crippen LogP contribution in [0, 0.1) is 23.0 Å². The molecule has 0 radical (unpaired) electrons. The largest absolute Gasteiger partial charge is 0.393 e. The molecule has 0 saturated heterocycles. The first-order valence-electron chi connectivity index (χ1n) is 6.60. The van der Waals surface area contributed by atoms with Crippen molar-refractivity contribution in [2.24, 2.45) is 5.92 Å². The normalized spacial score (nSPS) is 23.1. The number of nitrogens with zero attached hydrogens (tertiary/aromatic N) is 2. The molecule has 104 valence electrons. The van der Waals surface area contributed by atoms with Crippen LogP contribution in [0.1, 0.15) is 31.2 Å². The summed E-state index contributed by atoms with van der Waals surface area (Å²) in [5.41, 5.74) is 0.667. The summed E-state index contributed by atoms with van der Waals surface area (Å²) in [4.78, 5) is 14.7. The number of aliphatic hydroxyl groups is 1. The summed E-state index contributed by atoms with van der Waals surface area (Å²) in [5.74, 6) is 0.793. The zero-order valence-electron chi connectivity index (χ0n) is 11.0. The fourth-order valence-electron chi connectivity index (χ4n) is 2.50. The third-order valence-electron chi connectivity index (χ3n) is 3.68. The molecule has 6 heteroatoms. The number of anilines is 1. The maximum Gasteiger partial charge on any atom is 0.314 e. The Morgan fingerprint density at radius 2 is 2.16 bits per heavy atom. The second-order valence-corrected chi connectivity index (χ2v) is 5.14. The summed E-state index contributed by atoms with van der Waals surface area (Å²) in [6, 6.07) is 1.64. The van der Waals surface area contributed by atoms with E-state index in [1.807, 2.05) is 0 Å². The van der Waals surface area contributed by atoms with Gasteiger partial charge in [0.15, 0.2) is 0 Å². The van der Waals surface area contributed by atoms with Gasteiger partial charge in [0.2, 0.25) is 5.82 Å². The number of hydrogen-bond donors (Lipinski definition) is 2. The zero-order chi connectivity index (χ0) is 13.8. The van der Waals surface area contributed by atoms with Crippen molar-refractivity contribution in [2.45, 2.75) is 38.7 Å². The van der Waals surface area contributed by atoms with Gasteiger partial charge in [0.25, 0.3) is 0 Å². The molecule has 0 aliphatic heterocycles. The molecule has 0 amide bonds. The van der Waals surface area contributed by atoms with E-state index in [0.29, 0.717) is 23.8 Å². The van der Waals surface area contributed by atoms with Crippen molar-refractivity contribution in [1.82, 2.24) is 4.98 Å². The molecule has 0 bridgehead atoms. The van der Waals surface area contributed by atoms with Gasteiger partial charge in [-0.15, -0.1) is 0 Å². The topological polar surface area (TPSA) is 88.3 Å². The number of rotatable bonds is 4. The van der Waals surface area contributed by atoms with Gasteiger partial charge in [-0.3, -0.25) is 10.1 Å². The van der Waals surface area contributed by atoms with Crippen LogP contribution in [0.5, 0.6) is 0 Å². The number of hydrogen-bond acceptors (Lipinski definition) is 5. The first-order valence-corrected chi connectivity index (χ1v) is 6.60. The average Bonchev–Trinajstić information content (AvgIpc) is 2.37. The summed E-state index contributed by atoms with van der Waals surface area (Å²) in [7, 11) is 0. The highest BCUT2D eigenvalue weighted by molar-refractivity contribution is 5.59. The molecule has 1 fully saturated rings. The smallest absolute Gasteiger partial charge is 0.314 e. The van der Waals surface area contributed by atoms with Gasteiger partial charge < -0.3 is 10.4 Å². The summed E-state index contributed by atoms with van der Waals surface area (Å²) >= 11 is 0. The Hall–Kier alpha value is -1.69. The molecule has 2 N–H and O–H groups in total. The fourth-order valence-corrected chi connectivity index (χ4v) is 2.50. The Morgan fingerprint density at radius 3 is 2.79 bits per heavy atom. The van der Waals surface area contributed by atoms with Crippen molar-refractivity contribution in [3.63, 3.8) is 0 Å². The molecule has 1 aliphatic carbocycles. The van der Waals surface area contributed by atoms with Gasteiger partial charge >= 0.3 is 5.69 Å². The minimum atomic E-state index is -0.394. The minimum absolute atomic E-state index is 0.0540. The average molecular weight is 265 g/mol. The molecule has 0 aromatic carbocycles. The predicted molar refractivity (Wildman–Crippen MR) is 72.1 cm³/mol. The van der Waals surface area contributed by atoms with Gasteiger partial charge in [-0.05, 0) is 44.6 Å². The lowest BCUT2D eigenvalue weighted by molar-refractivity contribution is -0.384. The van der Waals surface area contributed by atoms with E-state index in [2.05, 4.69) is 10.3 Å². The Kier molecular flexibility index (Phi) is 4.31. The van der Waals surface area contributed by atoms with E-state index in [0.717, 1.165) is 25.7 Å².